The molecule has 0 bridgehead atoms. The number of carbonyl (C=O) groups is 1. The zero-order valence-corrected chi connectivity index (χ0v) is 12.0. The lowest BCUT2D eigenvalue weighted by atomic mass is 9.81. The van der Waals surface area contributed by atoms with Crippen LogP contribution in [0.4, 0.5) is 0 Å². The van der Waals surface area contributed by atoms with Gasteiger partial charge in [0.25, 0.3) is 0 Å². The summed E-state index contributed by atoms with van der Waals surface area (Å²) < 4.78 is 0. The lowest BCUT2D eigenvalue weighted by Crippen LogP contribution is -2.36. The third-order valence-corrected chi connectivity index (χ3v) is 4.11. The van der Waals surface area contributed by atoms with Crippen LogP contribution in [0.25, 0.3) is 0 Å². The van der Waals surface area contributed by atoms with Crippen LogP contribution < -0.4 is 0 Å². The highest BCUT2D eigenvalue weighted by Gasteiger charge is 2.27. The van der Waals surface area contributed by atoms with E-state index in [1.807, 2.05) is 24.5 Å². The van der Waals surface area contributed by atoms with E-state index in [4.69, 9.17) is 0 Å². The highest BCUT2D eigenvalue weighted by Crippen LogP contribution is 2.26. The number of Topliss-reactive ketones (excluding diaryl/α,β-unsaturated/α-hetero) is 1. The van der Waals surface area contributed by atoms with Gasteiger partial charge in [0.2, 0.25) is 0 Å². The van der Waals surface area contributed by atoms with Gasteiger partial charge >= 0.3 is 0 Å². The number of rotatable bonds is 5. The van der Waals surface area contributed by atoms with Gasteiger partial charge in [-0.15, -0.1) is 0 Å². The van der Waals surface area contributed by atoms with Gasteiger partial charge < -0.3 is 0 Å². The average molecular weight is 260 g/mol. The number of hydrogen-bond acceptors (Lipinski definition) is 3. The molecule has 1 fully saturated rings. The molecule has 0 saturated heterocycles. The van der Waals surface area contributed by atoms with E-state index < -0.39 is 0 Å². The normalized spacial score (nSPS) is 23.8. The highest BCUT2D eigenvalue weighted by molar-refractivity contribution is 5.81. The zero-order valence-electron chi connectivity index (χ0n) is 12.0. The molecule has 19 heavy (non-hydrogen) atoms. The summed E-state index contributed by atoms with van der Waals surface area (Å²) in [6.45, 7) is 7.23. The third-order valence-electron chi connectivity index (χ3n) is 4.11. The van der Waals surface area contributed by atoms with Gasteiger partial charge in [0.05, 0.1) is 0 Å². The zero-order chi connectivity index (χ0) is 13.7. The first-order valence-corrected chi connectivity index (χ1v) is 7.33. The van der Waals surface area contributed by atoms with Gasteiger partial charge in [-0.3, -0.25) is 14.7 Å². The molecule has 0 aliphatic heterocycles. The van der Waals surface area contributed by atoms with Crippen molar-refractivity contribution in [3.63, 3.8) is 0 Å². The Balaban J connectivity index is 1.93. The Labute approximate surface area is 116 Å². The Hall–Kier alpha value is -1.22. The second-order valence-electron chi connectivity index (χ2n) is 5.73. The summed E-state index contributed by atoms with van der Waals surface area (Å²) in [5, 5.41) is 0. The minimum atomic E-state index is 0.241. The molecule has 0 radical (unpaired) electrons. The predicted molar refractivity (Wildman–Crippen MR) is 76.7 cm³/mol. The Morgan fingerprint density at radius 2 is 2.11 bits per heavy atom. The first-order chi connectivity index (χ1) is 9.19. The van der Waals surface area contributed by atoms with Gasteiger partial charge in [-0.25, -0.2) is 0 Å². The van der Waals surface area contributed by atoms with Crippen LogP contribution in [0.5, 0.6) is 0 Å². The molecule has 1 aliphatic rings. The number of hydrogen-bond donors (Lipinski definition) is 0. The molecule has 1 heterocycles. The molecule has 2 atom stereocenters. The van der Waals surface area contributed by atoms with E-state index in [9.17, 15) is 4.79 Å². The molecule has 2 unspecified atom stereocenters. The molecular formula is C16H24N2O. The Morgan fingerprint density at radius 3 is 2.79 bits per heavy atom. The van der Waals surface area contributed by atoms with Crippen molar-refractivity contribution in [1.29, 1.82) is 0 Å². The van der Waals surface area contributed by atoms with Gasteiger partial charge in [-0.2, -0.15) is 0 Å². The molecule has 0 N–H and O–H groups in total. The monoisotopic (exact) mass is 260 g/mol. The number of pyridine rings is 1. The molecule has 1 aromatic rings. The lowest BCUT2D eigenvalue weighted by molar-refractivity contribution is -0.126. The summed E-state index contributed by atoms with van der Waals surface area (Å²) in [5.41, 5.74) is 1.27. The molecular weight excluding hydrogens is 236 g/mol. The Bertz CT molecular complexity index is 404. The van der Waals surface area contributed by atoms with Crippen molar-refractivity contribution in [3.8, 4) is 0 Å². The average Bonchev–Trinajstić information content (AvgIpc) is 2.43. The van der Waals surface area contributed by atoms with E-state index in [2.05, 4.69) is 23.7 Å². The number of nitrogens with zero attached hydrogens (tertiary/aromatic N) is 2. The van der Waals surface area contributed by atoms with Crippen LogP contribution in [0.3, 0.4) is 0 Å². The van der Waals surface area contributed by atoms with E-state index in [1.165, 1.54) is 5.56 Å². The van der Waals surface area contributed by atoms with Crippen molar-refractivity contribution in [1.82, 2.24) is 9.88 Å². The Kier molecular flexibility index (Phi) is 5.08. The first kappa shape index (κ1) is 14.2. The van der Waals surface area contributed by atoms with Crippen LogP contribution in [0.15, 0.2) is 24.5 Å². The molecule has 1 saturated carbocycles. The SMILES string of the molecule is CCN(Cc1ccncc1)CC1CC(C)CCC1=O. The van der Waals surface area contributed by atoms with Crippen LogP contribution in [0.2, 0.25) is 0 Å². The van der Waals surface area contributed by atoms with Crippen LogP contribution in [0, 0.1) is 11.8 Å². The number of ketones is 1. The molecule has 3 heteroatoms. The Morgan fingerprint density at radius 1 is 1.37 bits per heavy atom. The number of aromatic nitrogens is 1. The van der Waals surface area contributed by atoms with E-state index in [1.54, 1.807) is 0 Å². The fraction of sp³-hybridized carbons (Fsp3) is 0.625. The summed E-state index contributed by atoms with van der Waals surface area (Å²) in [6, 6.07) is 4.10. The molecule has 104 valence electrons. The van der Waals surface area contributed by atoms with E-state index in [0.717, 1.165) is 38.9 Å². The van der Waals surface area contributed by atoms with Gasteiger partial charge in [-0.1, -0.05) is 13.8 Å². The van der Waals surface area contributed by atoms with Crippen molar-refractivity contribution in [3.05, 3.63) is 30.1 Å². The molecule has 0 amide bonds. The second kappa shape index (κ2) is 6.80. The summed E-state index contributed by atoms with van der Waals surface area (Å²) in [6.07, 6.45) is 6.57. The quantitative estimate of drug-likeness (QED) is 0.816. The van der Waals surface area contributed by atoms with Crippen molar-refractivity contribution in [2.24, 2.45) is 11.8 Å². The largest absolute Gasteiger partial charge is 0.299 e. The molecule has 3 nitrogen and oxygen atoms in total. The minimum absolute atomic E-state index is 0.241. The van der Waals surface area contributed by atoms with Crippen molar-refractivity contribution in [2.75, 3.05) is 13.1 Å². The van der Waals surface area contributed by atoms with Crippen LogP contribution in [-0.2, 0) is 11.3 Å². The second-order valence-corrected chi connectivity index (χ2v) is 5.73. The summed E-state index contributed by atoms with van der Waals surface area (Å²) >= 11 is 0. The molecule has 0 spiro atoms. The molecule has 2 rings (SSSR count). The highest BCUT2D eigenvalue weighted by atomic mass is 16.1. The van der Waals surface area contributed by atoms with Crippen molar-refractivity contribution < 1.29 is 4.79 Å². The van der Waals surface area contributed by atoms with Crippen molar-refractivity contribution >= 4 is 5.78 Å². The maximum atomic E-state index is 12.0. The molecule has 0 aromatic carbocycles. The molecule has 1 aromatic heterocycles. The van der Waals surface area contributed by atoms with Crippen LogP contribution in [-0.4, -0.2) is 28.8 Å². The van der Waals surface area contributed by atoms with Gasteiger partial charge in [0.15, 0.2) is 0 Å². The standard InChI is InChI=1S/C16H24N2O/c1-3-18(11-14-6-8-17-9-7-14)12-15-10-13(2)4-5-16(15)19/h6-9,13,15H,3-5,10-12H2,1-2H3. The summed E-state index contributed by atoms with van der Waals surface area (Å²) in [5.74, 6) is 1.40. The van der Waals surface area contributed by atoms with E-state index in [0.29, 0.717) is 11.7 Å². The minimum Gasteiger partial charge on any atom is -0.299 e. The maximum Gasteiger partial charge on any atom is 0.137 e. The lowest BCUT2D eigenvalue weighted by Gasteiger charge is -2.30. The fourth-order valence-corrected chi connectivity index (χ4v) is 2.87. The van der Waals surface area contributed by atoms with Gasteiger partial charge in [0.1, 0.15) is 5.78 Å². The topological polar surface area (TPSA) is 33.2 Å². The summed E-state index contributed by atoms with van der Waals surface area (Å²) in [7, 11) is 0. The maximum absolute atomic E-state index is 12.0. The van der Waals surface area contributed by atoms with Crippen LogP contribution in [0.1, 0.15) is 38.7 Å². The van der Waals surface area contributed by atoms with Crippen molar-refractivity contribution in [2.45, 2.75) is 39.7 Å². The third kappa shape index (κ3) is 4.13. The fourth-order valence-electron chi connectivity index (χ4n) is 2.87. The smallest absolute Gasteiger partial charge is 0.137 e. The number of carbonyl (C=O) groups excluding carboxylic acids is 1. The predicted octanol–water partition coefficient (Wildman–Crippen LogP) is 2.91. The van der Waals surface area contributed by atoms with Crippen LogP contribution >= 0.6 is 0 Å². The first-order valence-electron chi connectivity index (χ1n) is 7.33. The van der Waals surface area contributed by atoms with Gasteiger partial charge in [0, 0.05) is 37.8 Å². The van der Waals surface area contributed by atoms with E-state index in [-0.39, 0.29) is 5.92 Å². The molecule has 1 aliphatic carbocycles. The van der Waals surface area contributed by atoms with Gasteiger partial charge in [-0.05, 0) is 43.0 Å². The summed E-state index contributed by atoms with van der Waals surface area (Å²) in [4.78, 5) is 18.4. The van der Waals surface area contributed by atoms with E-state index >= 15 is 0 Å².